The molecule has 3 aromatic rings. The van der Waals surface area contributed by atoms with E-state index in [4.69, 9.17) is 9.26 Å². The van der Waals surface area contributed by atoms with Crippen LogP contribution in [0.15, 0.2) is 50.5 Å². The SMILES string of the molecule is CCOc1ccccc1-c1noc([C@H]2CCCN(S(=O)(=O)c3cccs3)C2)n1. The second-order valence-electron chi connectivity index (χ2n) is 6.52. The normalized spacial score (nSPS) is 18.2. The lowest BCUT2D eigenvalue weighted by atomic mass is 10.00. The topological polar surface area (TPSA) is 85.5 Å². The highest BCUT2D eigenvalue weighted by molar-refractivity contribution is 7.91. The fraction of sp³-hybridized carbons (Fsp3) is 0.368. The van der Waals surface area contributed by atoms with E-state index >= 15 is 0 Å². The highest BCUT2D eigenvalue weighted by Gasteiger charge is 2.34. The van der Waals surface area contributed by atoms with Crippen LogP contribution >= 0.6 is 11.3 Å². The minimum Gasteiger partial charge on any atom is -0.493 e. The Kier molecular flexibility index (Phi) is 5.47. The molecule has 1 aromatic carbocycles. The Morgan fingerprint density at radius 1 is 1.29 bits per heavy atom. The Morgan fingerprint density at radius 2 is 2.14 bits per heavy atom. The smallest absolute Gasteiger partial charge is 0.252 e. The zero-order chi connectivity index (χ0) is 19.6. The number of aromatic nitrogens is 2. The maximum atomic E-state index is 12.8. The first-order valence-corrected chi connectivity index (χ1v) is 11.5. The summed E-state index contributed by atoms with van der Waals surface area (Å²) < 4.78 is 38.7. The van der Waals surface area contributed by atoms with E-state index in [2.05, 4.69) is 10.1 Å². The van der Waals surface area contributed by atoms with Crippen molar-refractivity contribution in [3.05, 3.63) is 47.7 Å². The van der Waals surface area contributed by atoms with Crippen LogP contribution in [0.3, 0.4) is 0 Å². The highest BCUT2D eigenvalue weighted by Crippen LogP contribution is 2.33. The summed E-state index contributed by atoms with van der Waals surface area (Å²) in [5.74, 6) is 1.50. The lowest BCUT2D eigenvalue weighted by molar-refractivity contribution is 0.266. The van der Waals surface area contributed by atoms with E-state index in [1.807, 2.05) is 31.2 Å². The second-order valence-corrected chi connectivity index (χ2v) is 9.63. The van der Waals surface area contributed by atoms with E-state index in [-0.39, 0.29) is 5.92 Å². The summed E-state index contributed by atoms with van der Waals surface area (Å²) in [7, 11) is -3.48. The summed E-state index contributed by atoms with van der Waals surface area (Å²) in [6, 6.07) is 10.9. The van der Waals surface area contributed by atoms with Crippen molar-refractivity contribution in [1.82, 2.24) is 14.4 Å². The Bertz CT molecular complexity index is 1030. The Balaban J connectivity index is 1.56. The lowest BCUT2D eigenvalue weighted by Gasteiger charge is -2.29. The van der Waals surface area contributed by atoms with Gasteiger partial charge in [0.2, 0.25) is 11.7 Å². The molecule has 2 aromatic heterocycles. The van der Waals surface area contributed by atoms with Gasteiger partial charge < -0.3 is 9.26 Å². The molecule has 28 heavy (non-hydrogen) atoms. The maximum Gasteiger partial charge on any atom is 0.252 e. The van der Waals surface area contributed by atoms with Crippen molar-refractivity contribution in [1.29, 1.82) is 0 Å². The molecule has 0 saturated carbocycles. The standard InChI is InChI=1S/C19H21N3O4S2/c1-2-25-16-9-4-3-8-15(16)18-20-19(26-21-18)14-7-5-11-22(13-14)28(23,24)17-10-6-12-27-17/h3-4,6,8-10,12,14H,2,5,7,11,13H2,1H3/t14-/m0/s1. The third-order valence-corrected chi connectivity index (χ3v) is 7.93. The predicted octanol–water partition coefficient (Wildman–Crippen LogP) is 3.77. The summed E-state index contributed by atoms with van der Waals surface area (Å²) in [6.45, 7) is 3.31. The van der Waals surface area contributed by atoms with Crippen LogP contribution in [-0.4, -0.2) is 42.6 Å². The Hall–Kier alpha value is -2.23. The fourth-order valence-corrected chi connectivity index (χ4v) is 6.01. The van der Waals surface area contributed by atoms with Gasteiger partial charge in [-0.15, -0.1) is 11.3 Å². The van der Waals surface area contributed by atoms with Crippen LogP contribution in [0, 0.1) is 0 Å². The first-order chi connectivity index (χ1) is 13.6. The molecule has 0 spiro atoms. The number of piperidine rings is 1. The van der Waals surface area contributed by atoms with Gasteiger partial charge in [-0.25, -0.2) is 8.42 Å². The van der Waals surface area contributed by atoms with Crippen molar-refractivity contribution in [3.63, 3.8) is 0 Å². The number of hydrogen-bond donors (Lipinski definition) is 0. The molecule has 3 heterocycles. The molecule has 7 nitrogen and oxygen atoms in total. The van der Waals surface area contributed by atoms with Crippen LogP contribution in [0.4, 0.5) is 0 Å². The summed E-state index contributed by atoms with van der Waals surface area (Å²) in [5, 5.41) is 5.88. The molecular formula is C19H21N3O4S2. The number of nitrogens with zero attached hydrogens (tertiary/aromatic N) is 3. The number of rotatable bonds is 6. The molecule has 4 rings (SSSR count). The van der Waals surface area contributed by atoms with Crippen LogP contribution in [0.25, 0.3) is 11.4 Å². The van der Waals surface area contributed by atoms with Crippen LogP contribution in [0.5, 0.6) is 5.75 Å². The summed E-state index contributed by atoms with van der Waals surface area (Å²) >= 11 is 1.23. The van der Waals surface area contributed by atoms with E-state index in [1.54, 1.807) is 17.5 Å². The molecule has 0 radical (unpaired) electrons. The van der Waals surface area contributed by atoms with E-state index < -0.39 is 10.0 Å². The molecule has 0 aliphatic carbocycles. The molecular weight excluding hydrogens is 398 g/mol. The van der Waals surface area contributed by atoms with Gasteiger partial charge in [-0.05, 0) is 43.3 Å². The molecule has 0 amide bonds. The molecule has 1 saturated heterocycles. The van der Waals surface area contributed by atoms with Gasteiger partial charge in [-0.2, -0.15) is 9.29 Å². The van der Waals surface area contributed by atoms with Crippen molar-refractivity contribution < 1.29 is 17.7 Å². The number of sulfonamides is 1. The third-order valence-electron chi connectivity index (χ3n) is 4.69. The second kappa shape index (κ2) is 8.02. The van der Waals surface area contributed by atoms with Crippen molar-refractivity contribution in [2.75, 3.05) is 19.7 Å². The molecule has 148 valence electrons. The number of benzene rings is 1. The van der Waals surface area contributed by atoms with E-state index in [0.29, 0.717) is 41.4 Å². The van der Waals surface area contributed by atoms with Gasteiger partial charge >= 0.3 is 0 Å². The molecule has 0 bridgehead atoms. The number of ether oxygens (including phenoxy) is 1. The number of thiophene rings is 1. The van der Waals surface area contributed by atoms with Crippen molar-refractivity contribution in [2.24, 2.45) is 0 Å². The van der Waals surface area contributed by atoms with Gasteiger partial charge in [-0.3, -0.25) is 0 Å². The Morgan fingerprint density at radius 3 is 2.93 bits per heavy atom. The number of para-hydroxylation sites is 1. The largest absolute Gasteiger partial charge is 0.493 e. The van der Waals surface area contributed by atoms with Crippen LogP contribution in [-0.2, 0) is 10.0 Å². The molecule has 9 heteroatoms. The molecule has 0 N–H and O–H groups in total. The minimum absolute atomic E-state index is 0.121. The first kappa shape index (κ1) is 19.1. The molecule has 1 fully saturated rings. The fourth-order valence-electron chi connectivity index (χ4n) is 3.34. The monoisotopic (exact) mass is 419 g/mol. The van der Waals surface area contributed by atoms with Crippen molar-refractivity contribution in [2.45, 2.75) is 29.9 Å². The maximum absolute atomic E-state index is 12.8. The van der Waals surface area contributed by atoms with Gasteiger partial charge in [0.05, 0.1) is 18.1 Å². The quantitative estimate of drug-likeness (QED) is 0.605. The lowest BCUT2D eigenvalue weighted by Crippen LogP contribution is -2.38. The zero-order valence-electron chi connectivity index (χ0n) is 15.4. The van der Waals surface area contributed by atoms with E-state index in [1.165, 1.54) is 15.6 Å². The summed E-state index contributed by atoms with van der Waals surface area (Å²) in [5.41, 5.74) is 0.762. The van der Waals surface area contributed by atoms with E-state index in [0.717, 1.165) is 18.4 Å². The van der Waals surface area contributed by atoms with Gasteiger partial charge in [0.15, 0.2) is 0 Å². The van der Waals surface area contributed by atoms with Gasteiger partial charge in [0.25, 0.3) is 10.0 Å². The highest BCUT2D eigenvalue weighted by atomic mass is 32.2. The molecule has 1 aliphatic rings. The van der Waals surface area contributed by atoms with Gasteiger partial charge in [-0.1, -0.05) is 23.4 Å². The third kappa shape index (κ3) is 3.69. The van der Waals surface area contributed by atoms with Crippen LogP contribution in [0.1, 0.15) is 31.6 Å². The Labute approximate surface area is 168 Å². The number of hydrogen-bond acceptors (Lipinski definition) is 7. The van der Waals surface area contributed by atoms with Crippen LogP contribution < -0.4 is 4.74 Å². The molecule has 1 aliphatic heterocycles. The zero-order valence-corrected chi connectivity index (χ0v) is 17.1. The molecule has 1 atom stereocenters. The average Bonchev–Trinajstić information content (AvgIpc) is 3.41. The van der Waals surface area contributed by atoms with Crippen LogP contribution in [0.2, 0.25) is 0 Å². The minimum atomic E-state index is -3.48. The van der Waals surface area contributed by atoms with Crippen molar-refractivity contribution in [3.8, 4) is 17.1 Å². The first-order valence-electron chi connectivity index (χ1n) is 9.19. The predicted molar refractivity (Wildman–Crippen MR) is 106 cm³/mol. The average molecular weight is 420 g/mol. The van der Waals surface area contributed by atoms with Gasteiger partial charge in [0, 0.05) is 13.1 Å². The molecule has 0 unspecified atom stereocenters. The van der Waals surface area contributed by atoms with Crippen molar-refractivity contribution >= 4 is 21.4 Å². The van der Waals surface area contributed by atoms with E-state index in [9.17, 15) is 8.42 Å². The summed E-state index contributed by atoms with van der Waals surface area (Å²) in [4.78, 5) is 4.55. The summed E-state index contributed by atoms with van der Waals surface area (Å²) in [6.07, 6.45) is 1.56. The van der Waals surface area contributed by atoms with Gasteiger partial charge in [0.1, 0.15) is 9.96 Å².